The maximum Gasteiger partial charge on any atom is 0.226 e. The van der Waals surface area contributed by atoms with Crippen LogP contribution in [0.1, 0.15) is 12.1 Å². The fourth-order valence-corrected chi connectivity index (χ4v) is 1.45. The Morgan fingerprint density at radius 1 is 1.79 bits per heavy atom. The molecule has 1 rings (SSSR count). The molecule has 0 fully saturated rings. The van der Waals surface area contributed by atoms with Crippen molar-refractivity contribution in [1.82, 2.24) is 10.3 Å². The Kier molecular flexibility index (Phi) is 3.88. The fourth-order valence-electron chi connectivity index (χ4n) is 0.889. The van der Waals surface area contributed by atoms with Crippen molar-refractivity contribution in [2.75, 3.05) is 12.3 Å². The molecule has 0 aromatic carbocycles. The molecular weight excluding hydrogens is 200 g/mol. The standard InChI is InChI=1S/C8H10N4OS/c9-2-1-3-11-7(13)4-6-5-14-8(10)12-6/h5H,1,3-4H2,(H2,10,12)(H,11,13). The van der Waals surface area contributed by atoms with E-state index in [9.17, 15) is 4.79 Å². The smallest absolute Gasteiger partial charge is 0.226 e. The zero-order chi connectivity index (χ0) is 10.4. The van der Waals surface area contributed by atoms with Gasteiger partial charge in [0.25, 0.3) is 0 Å². The van der Waals surface area contributed by atoms with Crippen molar-refractivity contribution in [2.45, 2.75) is 12.8 Å². The number of carbonyl (C=O) groups is 1. The summed E-state index contributed by atoms with van der Waals surface area (Å²) in [5.41, 5.74) is 6.08. The molecule has 0 radical (unpaired) electrons. The van der Waals surface area contributed by atoms with E-state index >= 15 is 0 Å². The lowest BCUT2D eigenvalue weighted by Crippen LogP contribution is -2.25. The van der Waals surface area contributed by atoms with Gasteiger partial charge in [0.15, 0.2) is 5.13 Å². The van der Waals surface area contributed by atoms with Crippen molar-refractivity contribution in [2.24, 2.45) is 0 Å². The molecule has 1 aromatic rings. The third kappa shape index (κ3) is 3.41. The number of thiazole rings is 1. The van der Waals surface area contributed by atoms with Gasteiger partial charge in [-0.2, -0.15) is 5.26 Å². The maximum absolute atomic E-state index is 11.2. The van der Waals surface area contributed by atoms with Crippen molar-refractivity contribution in [1.29, 1.82) is 5.26 Å². The van der Waals surface area contributed by atoms with E-state index in [1.165, 1.54) is 11.3 Å². The van der Waals surface area contributed by atoms with Crippen LogP contribution in [-0.4, -0.2) is 17.4 Å². The number of hydrogen-bond donors (Lipinski definition) is 2. The van der Waals surface area contributed by atoms with Gasteiger partial charge in [-0.15, -0.1) is 11.3 Å². The molecule has 0 unspecified atom stereocenters. The molecule has 0 bridgehead atoms. The highest BCUT2D eigenvalue weighted by molar-refractivity contribution is 7.13. The summed E-state index contributed by atoms with van der Waals surface area (Å²) in [6.45, 7) is 0.384. The summed E-state index contributed by atoms with van der Waals surface area (Å²) in [5, 5.41) is 13.1. The van der Waals surface area contributed by atoms with Gasteiger partial charge in [-0.25, -0.2) is 4.98 Å². The second-order valence-corrected chi connectivity index (χ2v) is 3.50. The second kappa shape index (κ2) is 5.19. The Morgan fingerprint density at radius 2 is 2.57 bits per heavy atom. The number of nitrogen functional groups attached to an aromatic ring is 1. The van der Waals surface area contributed by atoms with Crippen LogP contribution < -0.4 is 11.1 Å². The van der Waals surface area contributed by atoms with Crippen molar-refractivity contribution in [3.63, 3.8) is 0 Å². The van der Waals surface area contributed by atoms with Crippen molar-refractivity contribution < 1.29 is 4.79 Å². The first-order valence-electron chi connectivity index (χ1n) is 4.06. The third-order valence-corrected chi connectivity index (χ3v) is 2.19. The van der Waals surface area contributed by atoms with Crippen LogP contribution in [0.25, 0.3) is 0 Å². The molecule has 0 atom stereocenters. The van der Waals surface area contributed by atoms with Crippen molar-refractivity contribution in [3.05, 3.63) is 11.1 Å². The number of carbonyl (C=O) groups excluding carboxylic acids is 1. The molecule has 5 nitrogen and oxygen atoms in total. The number of nitrogens with zero attached hydrogens (tertiary/aromatic N) is 2. The molecule has 1 amide bonds. The van der Waals surface area contributed by atoms with Crippen LogP contribution in [0.2, 0.25) is 0 Å². The molecule has 0 aliphatic rings. The predicted octanol–water partition coefficient (Wildman–Crippen LogP) is 0.298. The first-order chi connectivity index (χ1) is 6.72. The SMILES string of the molecule is N#CCCNC(=O)Cc1csc(N)n1. The van der Waals surface area contributed by atoms with Crippen LogP contribution in [-0.2, 0) is 11.2 Å². The lowest BCUT2D eigenvalue weighted by atomic mass is 10.3. The van der Waals surface area contributed by atoms with E-state index < -0.39 is 0 Å². The lowest BCUT2D eigenvalue weighted by Gasteiger charge is -1.99. The Labute approximate surface area is 85.6 Å². The van der Waals surface area contributed by atoms with Crippen LogP contribution in [0.15, 0.2) is 5.38 Å². The number of rotatable bonds is 4. The summed E-state index contributed by atoms with van der Waals surface area (Å²) >= 11 is 1.31. The Balaban J connectivity index is 2.31. The first kappa shape index (κ1) is 10.5. The highest BCUT2D eigenvalue weighted by Crippen LogP contribution is 2.10. The summed E-state index contributed by atoms with van der Waals surface area (Å²) in [6, 6.07) is 1.94. The monoisotopic (exact) mass is 210 g/mol. The lowest BCUT2D eigenvalue weighted by molar-refractivity contribution is -0.120. The number of hydrogen-bond acceptors (Lipinski definition) is 5. The van der Waals surface area contributed by atoms with E-state index in [0.29, 0.717) is 23.8 Å². The molecule has 3 N–H and O–H groups in total. The summed E-state index contributed by atoms with van der Waals surface area (Å²) in [6.07, 6.45) is 0.546. The zero-order valence-electron chi connectivity index (χ0n) is 7.49. The quantitative estimate of drug-likeness (QED) is 0.699. The second-order valence-electron chi connectivity index (χ2n) is 2.61. The van der Waals surface area contributed by atoms with Gasteiger partial charge >= 0.3 is 0 Å². The minimum atomic E-state index is -0.134. The van der Waals surface area contributed by atoms with E-state index in [-0.39, 0.29) is 12.3 Å². The first-order valence-corrected chi connectivity index (χ1v) is 4.94. The van der Waals surface area contributed by atoms with E-state index in [1.54, 1.807) is 5.38 Å². The molecule has 6 heteroatoms. The maximum atomic E-state index is 11.2. The van der Waals surface area contributed by atoms with Crippen LogP contribution in [0.5, 0.6) is 0 Å². The number of aromatic nitrogens is 1. The molecule has 1 heterocycles. The topological polar surface area (TPSA) is 91.8 Å². The van der Waals surface area contributed by atoms with Gasteiger partial charge in [-0.3, -0.25) is 4.79 Å². The molecule has 1 aromatic heterocycles. The highest BCUT2D eigenvalue weighted by Gasteiger charge is 2.05. The van der Waals surface area contributed by atoms with E-state index in [4.69, 9.17) is 11.0 Å². The summed E-state index contributed by atoms with van der Waals surface area (Å²) in [4.78, 5) is 15.1. The summed E-state index contributed by atoms with van der Waals surface area (Å²) in [7, 11) is 0. The third-order valence-electron chi connectivity index (χ3n) is 1.47. The molecule has 74 valence electrons. The molecule has 0 aliphatic heterocycles. The Bertz CT molecular complexity index is 354. The Morgan fingerprint density at radius 3 is 3.14 bits per heavy atom. The molecule has 14 heavy (non-hydrogen) atoms. The van der Waals surface area contributed by atoms with Crippen LogP contribution in [0.4, 0.5) is 5.13 Å². The average Bonchev–Trinajstić information content (AvgIpc) is 2.52. The van der Waals surface area contributed by atoms with Crippen molar-refractivity contribution >= 4 is 22.4 Å². The Hall–Kier alpha value is -1.61. The molecule has 0 saturated heterocycles. The number of anilines is 1. The molecular formula is C8H10N4OS. The van der Waals surface area contributed by atoms with E-state index in [0.717, 1.165) is 0 Å². The molecule has 0 aliphatic carbocycles. The number of amides is 1. The van der Waals surface area contributed by atoms with Gasteiger partial charge < -0.3 is 11.1 Å². The van der Waals surface area contributed by atoms with E-state index in [2.05, 4.69) is 10.3 Å². The highest BCUT2D eigenvalue weighted by atomic mass is 32.1. The summed E-state index contributed by atoms with van der Waals surface area (Å²) < 4.78 is 0. The molecule has 0 saturated carbocycles. The fraction of sp³-hybridized carbons (Fsp3) is 0.375. The van der Waals surface area contributed by atoms with Crippen molar-refractivity contribution in [3.8, 4) is 6.07 Å². The summed E-state index contributed by atoms with van der Waals surface area (Å²) in [5.74, 6) is -0.134. The van der Waals surface area contributed by atoms with Gasteiger partial charge in [0, 0.05) is 11.9 Å². The zero-order valence-corrected chi connectivity index (χ0v) is 8.30. The minimum Gasteiger partial charge on any atom is -0.375 e. The van der Waals surface area contributed by atoms with Gasteiger partial charge in [0.05, 0.1) is 24.6 Å². The van der Waals surface area contributed by atoms with Crippen LogP contribution >= 0.6 is 11.3 Å². The number of nitrogens with one attached hydrogen (secondary N) is 1. The molecule has 0 spiro atoms. The normalized spacial score (nSPS) is 9.36. The van der Waals surface area contributed by atoms with Gasteiger partial charge in [-0.05, 0) is 0 Å². The van der Waals surface area contributed by atoms with Gasteiger partial charge in [-0.1, -0.05) is 0 Å². The van der Waals surface area contributed by atoms with Gasteiger partial charge in [0.1, 0.15) is 0 Å². The van der Waals surface area contributed by atoms with Crippen LogP contribution in [0.3, 0.4) is 0 Å². The van der Waals surface area contributed by atoms with Gasteiger partial charge in [0.2, 0.25) is 5.91 Å². The predicted molar refractivity (Wildman–Crippen MR) is 53.5 cm³/mol. The average molecular weight is 210 g/mol. The number of nitriles is 1. The minimum absolute atomic E-state index is 0.134. The van der Waals surface area contributed by atoms with Crippen LogP contribution in [0, 0.1) is 11.3 Å². The largest absolute Gasteiger partial charge is 0.375 e. The van der Waals surface area contributed by atoms with E-state index in [1.807, 2.05) is 6.07 Å². The number of nitrogens with two attached hydrogens (primary N) is 1.